The van der Waals surface area contributed by atoms with E-state index in [0.29, 0.717) is 0 Å². The molecule has 1 aromatic rings. The van der Waals surface area contributed by atoms with Gasteiger partial charge in [-0.3, -0.25) is 14.6 Å². The molecule has 1 heterocycles. The van der Waals surface area contributed by atoms with Crippen molar-refractivity contribution in [2.24, 2.45) is 7.05 Å². The van der Waals surface area contributed by atoms with Crippen molar-refractivity contribution < 1.29 is 10.4 Å². The minimum Gasteiger partial charge on any atom is -0.595 e. The Labute approximate surface area is 55.8 Å². The predicted octanol–water partition coefficient (Wildman–Crippen LogP) is -1.88. The smallest absolute Gasteiger partial charge is 0.328 e. The van der Waals surface area contributed by atoms with E-state index < -0.39 is 10.8 Å². The maximum atomic E-state index is 10.6. The monoisotopic (exact) mass is 145 g/mol. The lowest BCUT2D eigenvalue weighted by Gasteiger charge is -2.05. The van der Waals surface area contributed by atoms with E-state index in [9.17, 15) is 10.0 Å². The number of hydrogen-bond donors (Lipinski definition) is 3. The molecule has 0 aliphatic carbocycles. The van der Waals surface area contributed by atoms with Crippen LogP contribution in [-0.4, -0.2) is 15.0 Å². The van der Waals surface area contributed by atoms with Gasteiger partial charge in [0.05, 0.1) is 6.20 Å². The zero-order valence-corrected chi connectivity index (χ0v) is 5.29. The second kappa shape index (κ2) is 2.25. The van der Waals surface area contributed by atoms with Crippen LogP contribution in [0.2, 0.25) is 0 Å². The molecule has 0 saturated heterocycles. The quantitative estimate of drug-likeness (QED) is 0.404. The average molecular weight is 145 g/mol. The summed E-state index contributed by atoms with van der Waals surface area (Å²) in [5, 5.41) is 19.6. The highest BCUT2D eigenvalue weighted by molar-refractivity contribution is 5.19. The number of aromatic amines is 1. The number of nitrogens with one attached hydrogen (secondary N) is 2. The van der Waals surface area contributed by atoms with E-state index in [2.05, 4.69) is 5.10 Å². The van der Waals surface area contributed by atoms with Crippen LogP contribution in [0.3, 0.4) is 0 Å². The van der Waals surface area contributed by atoms with Crippen LogP contribution in [-0.2, 0) is 7.05 Å². The molecule has 0 saturated carbocycles. The first-order valence-electron chi connectivity index (χ1n) is 2.60. The summed E-state index contributed by atoms with van der Waals surface area (Å²) in [7, 11) is 1.55. The normalized spacial score (nSPS) is 13.5. The fourth-order valence-corrected chi connectivity index (χ4v) is 0.657. The third-order valence-electron chi connectivity index (χ3n) is 1.08. The van der Waals surface area contributed by atoms with Gasteiger partial charge in [-0.25, -0.2) is 5.21 Å². The number of quaternary nitrogens is 1. The Morgan fingerprint density at radius 3 is 2.70 bits per heavy atom. The Balaban J connectivity index is 3.16. The van der Waals surface area contributed by atoms with Crippen molar-refractivity contribution in [3.63, 3.8) is 0 Å². The van der Waals surface area contributed by atoms with Gasteiger partial charge in [0.1, 0.15) is 0 Å². The van der Waals surface area contributed by atoms with Gasteiger partial charge in [0.15, 0.2) is 0 Å². The lowest BCUT2D eigenvalue weighted by atomic mass is 10.6. The van der Waals surface area contributed by atoms with Crippen molar-refractivity contribution in [3.05, 3.63) is 21.8 Å². The van der Waals surface area contributed by atoms with Crippen LogP contribution < -0.4 is 10.8 Å². The first-order valence-corrected chi connectivity index (χ1v) is 2.60. The molecule has 1 aromatic heterocycles. The summed E-state index contributed by atoms with van der Waals surface area (Å²) in [4.78, 5) is 10.6. The summed E-state index contributed by atoms with van der Waals surface area (Å²) in [5.74, 6) is 0. The van der Waals surface area contributed by atoms with Crippen LogP contribution >= 0.6 is 0 Å². The number of aromatic nitrogens is 2. The molecule has 0 bridgehead atoms. The SMILES string of the molecule is Cn1cc([NH+]([O-])O)c(=O)[nH]1. The van der Waals surface area contributed by atoms with Crippen molar-refractivity contribution in [3.8, 4) is 0 Å². The van der Waals surface area contributed by atoms with Crippen LogP contribution in [0, 0.1) is 5.21 Å². The maximum absolute atomic E-state index is 10.6. The average Bonchev–Trinajstić information content (AvgIpc) is 2.10. The highest BCUT2D eigenvalue weighted by atomic mass is 16.8. The Bertz CT molecular complexity index is 274. The molecule has 1 unspecified atom stereocenters. The molecule has 0 amide bonds. The second-order valence-corrected chi connectivity index (χ2v) is 1.90. The molecule has 6 heteroatoms. The summed E-state index contributed by atoms with van der Waals surface area (Å²) in [6.07, 6.45) is 1.23. The molecule has 1 rings (SSSR count). The van der Waals surface area contributed by atoms with E-state index >= 15 is 0 Å². The lowest BCUT2D eigenvalue weighted by molar-refractivity contribution is -0.991. The van der Waals surface area contributed by atoms with E-state index in [1.165, 1.54) is 10.9 Å². The van der Waals surface area contributed by atoms with Crippen molar-refractivity contribution in [2.75, 3.05) is 0 Å². The molecule has 0 fully saturated rings. The predicted molar refractivity (Wildman–Crippen MR) is 31.8 cm³/mol. The highest BCUT2D eigenvalue weighted by Crippen LogP contribution is 1.84. The van der Waals surface area contributed by atoms with E-state index in [1.807, 2.05) is 0 Å². The largest absolute Gasteiger partial charge is 0.595 e. The van der Waals surface area contributed by atoms with Gasteiger partial charge in [-0.2, -0.15) is 5.23 Å². The van der Waals surface area contributed by atoms with Crippen molar-refractivity contribution in [1.82, 2.24) is 9.78 Å². The second-order valence-electron chi connectivity index (χ2n) is 1.90. The standard InChI is InChI=1S/C4H7N3O3/c1-6-2-3(7(9)10)4(8)5-6/h2,7,9H,1H3,(H,5,8). The number of hydrogen-bond acceptors (Lipinski definition) is 3. The molecule has 0 spiro atoms. The Kier molecular flexibility index (Phi) is 1.58. The Hall–Kier alpha value is -1.11. The van der Waals surface area contributed by atoms with E-state index in [-0.39, 0.29) is 5.69 Å². The minimum absolute atomic E-state index is 0.234. The first-order chi connectivity index (χ1) is 4.61. The molecule has 0 aromatic carbocycles. The molecule has 0 aliphatic rings. The number of H-pyrrole nitrogens is 1. The van der Waals surface area contributed by atoms with E-state index in [1.54, 1.807) is 7.05 Å². The molecule has 3 N–H and O–H groups in total. The summed E-state index contributed by atoms with van der Waals surface area (Å²) < 4.78 is 1.30. The Morgan fingerprint density at radius 1 is 1.90 bits per heavy atom. The van der Waals surface area contributed by atoms with Crippen LogP contribution in [0.15, 0.2) is 11.0 Å². The summed E-state index contributed by atoms with van der Waals surface area (Å²) in [5.41, 5.74) is -0.808. The first kappa shape index (κ1) is 7.00. The minimum atomic E-state index is -1.21. The van der Waals surface area contributed by atoms with Crippen LogP contribution in [0.5, 0.6) is 0 Å². The third kappa shape index (κ3) is 1.08. The summed E-state index contributed by atoms with van der Waals surface area (Å²) in [6, 6.07) is 0. The fraction of sp³-hybridized carbons (Fsp3) is 0.250. The van der Waals surface area contributed by atoms with Crippen molar-refractivity contribution in [2.45, 2.75) is 0 Å². The van der Waals surface area contributed by atoms with Gasteiger partial charge in [0.2, 0.25) is 5.69 Å². The van der Waals surface area contributed by atoms with Crippen LogP contribution in [0.4, 0.5) is 5.69 Å². The molecule has 1 atom stereocenters. The molecule has 10 heavy (non-hydrogen) atoms. The highest BCUT2D eigenvalue weighted by Gasteiger charge is 2.07. The number of aryl methyl sites for hydroxylation is 1. The molecular weight excluding hydrogens is 138 g/mol. The van der Waals surface area contributed by atoms with Gasteiger partial charge >= 0.3 is 5.56 Å². The molecular formula is C4H7N3O3. The molecule has 6 nitrogen and oxygen atoms in total. The maximum Gasteiger partial charge on any atom is 0.328 e. The van der Waals surface area contributed by atoms with Gasteiger partial charge in [-0.05, 0) is 0 Å². The van der Waals surface area contributed by atoms with Crippen LogP contribution in [0.1, 0.15) is 0 Å². The lowest BCUT2D eigenvalue weighted by Crippen LogP contribution is -3.00. The Morgan fingerprint density at radius 2 is 2.50 bits per heavy atom. The fourth-order valence-electron chi connectivity index (χ4n) is 0.657. The zero-order chi connectivity index (χ0) is 7.72. The molecule has 0 radical (unpaired) electrons. The number of rotatable bonds is 1. The van der Waals surface area contributed by atoms with Crippen molar-refractivity contribution >= 4 is 5.69 Å². The van der Waals surface area contributed by atoms with Gasteiger partial charge < -0.3 is 5.21 Å². The van der Waals surface area contributed by atoms with E-state index in [0.717, 1.165) is 0 Å². The number of nitrogens with zero attached hydrogens (tertiary/aromatic N) is 1. The van der Waals surface area contributed by atoms with Gasteiger partial charge in [-0.1, -0.05) is 0 Å². The van der Waals surface area contributed by atoms with Crippen molar-refractivity contribution in [1.29, 1.82) is 0 Å². The third-order valence-corrected chi connectivity index (χ3v) is 1.08. The summed E-state index contributed by atoms with van der Waals surface area (Å²) in [6.45, 7) is 0. The van der Waals surface area contributed by atoms with E-state index in [4.69, 9.17) is 5.21 Å². The van der Waals surface area contributed by atoms with Crippen LogP contribution in [0.25, 0.3) is 0 Å². The van der Waals surface area contributed by atoms with Gasteiger partial charge in [0, 0.05) is 7.05 Å². The van der Waals surface area contributed by atoms with Gasteiger partial charge in [-0.15, -0.1) is 0 Å². The summed E-state index contributed by atoms with van der Waals surface area (Å²) >= 11 is 0. The molecule has 0 aliphatic heterocycles. The zero-order valence-electron chi connectivity index (χ0n) is 5.29. The van der Waals surface area contributed by atoms with Gasteiger partial charge in [0.25, 0.3) is 0 Å². The topological polar surface area (TPSA) is 85.5 Å². The molecule has 56 valence electrons.